The highest BCUT2D eigenvalue weighted by atomic mass is 16.3. The largest absolute Gasteiger partial charge is 0.396 e. The van der Waals surface area contributed by atoms with Crippen LogP contribution in [0.3, 0.4) is 0 Å². The molecule has 0 radical (unpaired) electrons. The number of rotatable bonds is 2. The van der Waals surface area contributed by atoms with E-state index in [0.717, 1.165) is 0 Å². The van der Waals surface area contributed by atoms with Crippen LogP contribution in [-0.2, 0) is 12.8 Å². The Hall–Kier alpha value is -0.860. The van der Waals surface area contributed by atoms with Crippen molar-refractivity contribution in [2.45, 2.75) is 31.7 Å². The maximum atomic E-state index is 9.17. The number of benzene rings is 1. The molecule has 1 aliphatic heterocycles. The van der Waals surface area contributed by atoms with Crippen molar-refractivity contribution in [2.24, 2.45) is 5.92 Å². The maximum Gasteiger partial charge on any atom is 0.0460 e. The lowest BCUT2D eigenvalue weighted by molar-refractivity contribution is 0.103. The van der Waals surface area contributed by atoms with Crippen molar-refractivity contribution >= 4 is 0 Å². The zero-order valence-corrected chi connectivity index (χ0v) is 10.3. The van der Waals surface area contributed by atoms with Crippen LogP contribution in [0.15, 0.2) is 24.3 Å². The second-order valence-electron chi connectivity index (χ2n) is 5.49. The molecule has 1 heterocycles. The number of hydrogen-bond acceptors (Lipinski definition) is 2. The fraction of sp³-hybridized carbons (Fsp3) is 0.600. The Balaban J connectivity index is 1.62. The molecule has 92 valence electrons. The monoisotopic (exact) mass is 231 g/mol. The molecule has 1 fully saturated rings. The molecular weight excluding hydrogens is 210 g/mol. The summed E-state index contributed by atoms with van der Waals surface area (Å²) >= 11 is 0. The highest BCUT2D eigenvalue weighted by molar-refractivity contribution is 5.33. The van der Waals surface area contributed by atoms with Crippen LogP contribution < -0.4 is 0 Å². The smallest absolute Gasteiger partial charge is 0.0460 e. The van der Waals surface area contributed by atoms with Gasteiger partial charge in [-0.1, -0.05) is 24.3 Å². The van der Waals surface area contributed by atoms with Crippen molar-refractivity contribution in [3.05, 3.63) is 35.4 Å². The molecule has 17 heavy (non-hydrogen) atoms. The number of nitrogens with zero attached hydrogens (tertiary/aromatic N) is 1. The van der Waals surface area contributed by atoms with E-state index in [0.29, 0.717) is 18.6 Å². The van der Waals surface area contributed by atoms with Crippen molar-refractivity contribution in [1.82, 2.24) is 4.90 Å². The Morgan fingerprint density at radius 2 is 1.65 bits per heavy atom. The molecule has 2 heteroatoms. The molecule has 3 rings (SSSR count). The quantitative estimate of drug-likeness (QED) is 0.840. The average Bonchev–Trinajstić information content (AvgIpc) is 2.82. The third-order valence-corrected chi connectivity index (χ3v) is 4.45. The van der Waals surface area contributed by atoms with Crippen molar-refractivity contribution in [3.63, 3.8) is 0 Å². The van der Waals surface area contributed by atoms with Crippen molar-refractivity contribution in [1.29, 1.82) is 0 Å². The van der Waals surface area contributed by atoms with E-state index < -0.39 is 0 Å². The summed E-state index contributed by atoms with van der Waals surface area (Å²) in [5, 5.41) is 9.17. The van der Waals surface area contributed by atoms with Crippen LogP contribution in [0, 0.1) is 5.92 Å². The zero-order valence-electron chi connectivity index (χ0n) is 10.3. The predicted octanol–water partition coefficient (Wildman–Crippen LogP) is 1.86. The lowest BCUT2D eigenvalue weighted by Gasteiger charge is -2.35. The first-order chi connectivity index (χ1) is 8.36. The van der Waals surface area contributed by atoms with E-state index in [9.17, 15) is 0 Å². The summed E-state index contributed by atoms with van der Waals surface area (Å²) in [6, 6.07) is 9.57. The first kappa shape index (κ1) is 11.2. The van der Waals surface area contributed by atoms with Gasteiger partial charge in [0, 0.05) is 12.6 Å². The van der Waals surface area contributed by atoms with Gasteiger partial charge in [0.15, 0.2) is 0 Å². The van der Waals surface area contributed by atoms with E-state index in [4.69, 9.17) is 5.11 Å². The number of piperidine rings is 1. The first-order valence-corrected chi connectivity index (χ1v) is 6.78. The molecule has 2 aliphatic rings. The number of aliphatic hydroxyl groups is 1. The molecule has 0 atom stereocenters. The van der Waals surface area contributed by atoms with E-state index >= 15 is 0 Å². The molecule has 1 N–H and O–H groups in total. The normalized spacial score (nSPS) is 22.9. The van der Waals surface area contributed by atoms with Crippen LogP contribution in [0.2, 0.25) is 0 Å². The minimum absolute atomic E-state index is 0.374. The second-order valence-corrected chi connectivity index (χ2v) is 5.49. The molecule has 1 saturated heterocycles. The van der Waals surface area contributed by atoms with Gasteiger partial charge in [0.2, 0.25) is 0 Å². The number of aliphatic hydroxyl groups excluding tert-OH is 1. The van der Waals surface area contributed by atoms with E-state index in [2.05, 4.69) is 29.2 Å². The summed E-state index contributed by atoms with van der Waals surface area (Å²) in [7, 11) is 0. The van der Waals surface area contributed by atoms with Crippen molar-refractivity contribution in [2.75, 3.05) is 19.7 Å². The van der Waals surface area contributed by atoms with Crippen LogP contribution >= 0.6 is 0 Å². The summed E-state index contributed by atoms with van der Waals surface area (Å²) < 4.78 is 0. The molecule has 2 nitrogen and oxygen atoms in total. The van der Waals surface area contributed by atoms with E-state index in [-0.39, 0.29) is 0 Å². The maximum absolute atomic E-state index is 9.17. The molecule has 1 aliphatic carbocycles. The van der Waals surface area contributed by atoms with Gasteiger partial charge in [0.05, 0.1) is 0 Å². The lowest BCUT2D eigenvalue weighted by Crippen LogP contribution is -2.42. The summed E-state index contributed by atoms with van der Waals surface area (Å²) in [5.74, 6) is 0.551. The van der Waals surface area contributed by atoms with Crippen LogP contribution in [-0.4, -0.2) is 35.7 Å². The van der Waals surface area contributed by atoms with Gasteiger partial charge in [-0.05, 0) is 55.8 Å². The van der Waals surface area contributed by atoms with Gasteiger partial charge in [-0.2, -0.15) is 0 Å². The standard InChI is InChI=1S/C15H21NO/c17-11-12-5-7-16(8-6-12)15-9-13-3-1-2-4-14(13)10-15/h1-4,12,15,17H,5-11H2. The highest BCUT2D eigenvalue weighted by Gasteiger charge is 2.29. The summed E-state index contributed by atoms with van der Waals surface area (Å²) in [4.78, 5) is 2.63. The Bertz CT molecular complexity index is 357. The number of likely N-dealkylation sites (tertiary alicyclic amines) is 1. The van der Waals surface area contributed by atoms with Crippen LogP contribution in [0.25, 0.3) is 0 Å². The minimum Gasteiger partial charge on any atom is -0.396 e. The average molecular weight is 231 g/mol. The van der Waals surface area contributed by atoms with Gasteiger partial charge in [0.25, 0.3) is 0 Å². The second kappa shape index (κ2) is 4.79. The van der Waals surface area contributed by atoms with Crippen molar-refractivity contribution < 1.29 is 5.11 Å². The molecule has 0 bridgehead atoms. The highest BCUT2D eigenvalue weighted by Crippen LogP contribution is 2.28. The van der Waals surface area contributed by atoms with E-state index in [1.807, 2.05) is 0 Å². The van der Waals surface area contributed by atoms with Gasteiger partial charge in [-0.25, -0.2) is 0 Å². The predicted molar refractivity (Wildman–Crippen MR) is 69.0 cm³/mol. The lowest BCUT2D eigenvalue weighted by atomic mass is 9.96. The molecular formula is C15H21NO. The van der Waals surface area contributed by atoms with Crippen LogP contribution in [0.5, 0.6) is 0 Å². The molecule has 0 unspecified atom stereocenters. The Kier molecular flexibility index (Phi) is 3.17. The van der Waals surface area contributed by atoms with Gasteiger partial charge < -0.3 is 5.11 Å². The van der Waals surface area contributed by atoms with E-state index in [1.165, 1.54) is 38.8 Å². The number of fused-ring (bicyclic) bond motifs is 1. The van der Waals surface area contributed by atoms with Crippen LogP contribution in [0.4, 0.5) is 0 Å². The molecule has 1 aromatic carbocycles. The van der Waals surface area contributed by atoms with Gasteiger partial charge in [-0.15, -0.1) is 0 Å². The van der Waals surface area contributed by atoms with Gasteiger partial charge >= 0.3 is 0 Å². The topological polar surface area (TPSA) is 23.5 Å². The van der Waals surface area contributed by atoms with Crippen molar-refractivity contribution in [3.8, 4) is 0 Å². The fourth-order valence-corrected chi connectivity index (χ4v) is 3.29. The minimum atomic E-state index is 0.374. The SMILES string of the molecule is OCC1CCN(C2Cc3ccccc3C2)CC1. The zero-order chi connectivity index (χ0) is 11.7. The Morgan fingerprint density at radius 1 is 1.06 bits per heavy atom. The third-order valence-electron chi connectivity index (χ3n) is 4.45. The number of hydrogen-bond donors (Lipinski definition) is 1. The van der Waals surface area contributed by atoms with E-state index in [1.54, 1.807) is 11.1 Å². The molecule has 0 aromatic heterocycles. The molecule has 0 amide bonds. The summed E-state index contributed by atoms with van der Waals surface area (Å²) in [6.07, 6.45) is 4.78. The Morgan fingerprint density at radius 3 is 2.18 bits per heavy atom. The molecule has 0 spiro atoms. The summed E-state index contributed by atoms with van der Waals surface area (Å²) in [6.45, 7) is 2.71. The fourth-order valence-electron chi connectivity index (χ4n) is 3.29. The first-order valence-electron chi connectivity index (χ1n) is 6.78. The summed E-state index contributed by atoms with van der Waals surface area (Å²) in [5.41, 5.74) is 3.09. The van der Waals surface area contributed by atoms with Gasteiger partial charge in [0.1, 0.15) is 0 Å². The molecule has 0 saturated carbocycles. The van der Waals surface area contributed by atoms with Gasteiger partial charge in [-0.3, -0.25) is 4.90 Å². The van der Waals surface area contributed by atoms with Crippen LogP contribution in [0.1, 0.15) is 24.0 Å². The molecule has 1 aromatic rings. The Labute approximate surface area is 103 Å². The third kappa shape index (κ3) is 2.24.